The predicted molar refractivity (Wildman–Crippen MR) is 133 cm³/mol. The Bertz CT molecular complexity index is 1450. The molecule has 7 heteroatoms. The van der Waals surface area contributed by atoms with Crippen molar-refractivity contribution in [3.05, 3.63) is 127 Å². The Morgan fingerprint density at radius 2 is 1.53 bits per heavy atom. The maximum absolute atomic E-state index is 10.1. The van der Waals surface area contributed by atoms with Crippen LogP contribution < -0.4 is 0 Å². The average Bonchev–Trinajstić information content (AvgIpc) is 2.94. The minimum atomic E-state index is -0.990. The Hall–Kier alpha value is -4.50. The summed E-state index contributed by atoms with van der Waals surface area (Å²) >= 11 is 0. The summed E-state index contributed by atoms with van der Waals surface area (Å²) in [6, 6.07) is 35.3. The second-order valence-electron chi connectivity index (χ2n) is 7.30. The van der Waals surface area contributed by atoms with E-state index in [1.807, 2.05) is 66.7 Å². The number of aromatic nitrogens is 3. The van der Waals surface area contributed by atoms with Crippen LogP contribution in [0, 0.1) is 17.4 Å². The Morgan fingerprint density at radius 3 is 2.11 bits per heavy atom. The molecule has 1 N–H and O–H groups in total. The number of carbonyl (C=O) groups is 1. The van der Waals surface area contributed by atoms with Gasteiger partial charge in [-0.25, -0.2) is 9.78 Å². The molecular weight excluding hydrogens is 629 g/mol. The van der Waals surface area contributed by atoms with Gasteiger partial charge in [-0.05, 0) is 29.8 Å². The van der Waals surface area contributed by atoms with E-state index in [1.54, 1.807) is 30.5 Å². The van der Waals surface area contributed by atoms with E-state index in [2.05, 4.69) is 22.1 Å². The van der Waals surface area contributed by atoms with Crippen molar-refractivity contribution in [1.82, 2.24) is 15.0 Å². The molecule has 0 unspecified atom stereocenters. The SMILES string of the molecule is N#Cc1ccc(-c2cnc(-c3[c-]cccc3)c(-c3ccccc3)n2)cc1.O=C(O)c1ccccn1.[Ir]. The standard InChI is InChI=1S/C23H14N3.C6H5NO2.Ir/c24-15-17-11-13-18(14-12-17)21-16-25-22(19-7-3-1-4-8-19)23(26-21)20-9-5-2-6-10-20;8-6(9)5-3-1-2-4-7-5;/h1-7,9-14,16H;1-4H,(H,8,9);/q-1;;. The quantitative estimate of drug-likeness (QED) is 0.243. The number of aromatic carboxylic acids is 1. The fraction of sp³-hybridized carbons (Fsp3) is 0. The number of carboxylic acids is 1. The number of nitriles is 1. The van der Waals surface area contributed by atoms with E-state index in [0.717, 1.165) is 33.8 Å². The number of nitrogens with zero attached hydrogens (tertiary/aromatic N) is 4. The molecule has 2 heterocycles. The summed E-state index contributed by atoms with van der Waals surface area (Å²) in [5.74, 6) is -0.990. The zero-order chi connectivity index (χ0) is 24.5. The molecule has 0 atom stereocenters. The number of pyridine rings is 1. The molecule has 0 bridgehead atoms. The van der Waals surface area contributed by atoms with E-state index < -0.39 is 5.97 Å². The molecule has 177 valence electrons. The van der Waals surface area contributed by atoms with Gasteiger partial charge in [-0.3, -0.25) is 4.98 Å². The first-order chi connectivity index (χ1) is 17.2. The van der Waals surface area contributed by atoms with Crippen molar-refractivity contribution in [1.29, 1.82) is 5.26 Å². The van der Waals surface area contributed by atoms with E-state index in [1.165, 1.54) is 12.3 Å². The van der Waals surface area contributed by atoms with Gasteiger partial charge in [-0.15, -0.1) is 35.9 Å². The first kappa shape index (κ1) is 26.1. The van der Waals surface area contributed by atoms with Crippen molar-refractivity contribution in [3.63, 3.8) is 0 Å². The number of carboxylic acid groups (broad SMARTS) is 1. The molecule has 0 aliphatic carbocycles. The summed E-state index contributed by atoms with van der Waals surface area (Å²) in [6.45, 7) is 0. The minimum absolute atomic E-state index is 0. The van der Waals surface area contributed by atoms with Crippen LogP contribution in [0.4, 0.5) is 0 Å². The van der Waals surface area contributed by atoms with Gasteiger partial charge in [0.25, 0.3) is 0 Å². The maximum Gasteiger partial charge on any atom is 0.354 e. The van der Waals surface area contributed by atoms with Gasteiger partial charge in [0.1, 0.15) is 5.69 Å². The van der Waals surface area contributed by atoms with Gasteiger partial charge in [0.2, 0.25) is 0 Å². The summed E-state index contributed by atoms with van der Waals surface area (Å²) in [6.07, 6.45) is 3.22. The summed E-state index contributed by atoms with van der Waals surface area (Å²) in [4.78, 5) is 23.3. The molecular formula is C29H19IrN4O2-. The van der Waals surface area contributed by atoms with Crippen LogP contribution in [0.5, 0.6) is 0 Å². The molecule has 1 radical (unpaired) electrons. The first-order valence-electron chi connectivity index (χ1n) is 10.7. The second-order valence-corrected chi connectivity index (χ2v) is 7.30. The Labute approximate surface area is 222 Å². The van der Waals surface area contributed by atoms with Crippen LogP contribution in [0.3, 0.4) is 0 Å². The zero-order valence-electron chi connectivity index (χ0n) is 18.9. The normalized spacial score (nSPS) is 9.64. The van der Waals surface area contributed by atoms with E-state index in [0.29, 0.717) is 5.56 Å². The number of hydrogen-bond acceptors (Lipinski definition) is 5. The fourth-order valence-corrected chi connectivity index (χ4v) is 3.27. The van der Waals surface area contributed by atoms with E-state index in [9.17, 15) is 4.79 Å². The molecule has 0 fully saturated rings. The molecule has 0 aliphatic rings. The van der Waals surface area contributed by atoms with Gasteiger partial charge in [-0.1, -0.05) is 48.5 Å². The van der Waals surface area contributed by atoms with Crippen LogP contribution in [0.1, 0.15) is 16.1 Å². The molecule has 5 aromatic rings. The summed E-state index contributed by atoms with van der Waals surface area (Å²) in [7, 11) is 0. The fourth-order valence-electron chi connectivity index (χ4n) is 3.27. The van der Waals surface area contributed by atoms with Crippen LogP contribution in [-0.4, -0.2) is 26.0 Å². The van der Waals surface area contributed by atoms with Crippen molar-refractivity contribution in [3.8, 4) is 39.8 Å². The van der Waals surface area contributed by atoms with Crippen molar-refractivity contribution in [2.24, 2.45) is 0 Å². The summed E-state index contributed by atoms with van der Waals surface area (Å²) in [5, 5.41) is 17.3. The molecule has 6 nitrogen and oxygen atoms in total. The van der Waals surface area contributed by atoms with E-state index in [-0.39, 0.29) is 25.8 Å². The third kappa shape index (κ3) is 6.55. The van der Waals surface area contributed by atoms with Gasteiger partial charge in [0.05, 0.1) is 23.0 Å². The molecule has 0 amide bonds. The summed E-state index contributed by atoms with van der Waals surface area (Å²) in [5.41, 5.74) is 5.93. The van der Waals surface area contributed by atoms with Crippen LogP contribution in [0.2, 0.25) is 0 Å². The smallest absolute Gasteiger partial charge is 0.354 e. The molecule has 2 aromatic heterocycles. The van der Waals surface area contributed by atoms with Crippen molar-refractivity contribution < 1.29 is 30.0 Å². The minimum Gasteiger partial charge on any atom is -0.477 e. The maximum atomic E-state index is 10.1. The molecule has 3 aromatic carbocycles. The predicted octanol–water partition coefficient (Wildman–Crippen LogP) is 5.93. The van der Waals surface area contributed by atoms with Gasteiger partial charge in [-0.2, -0.15) is 5.26 Å². The van der Waals surface area contributed by atoms with Gasteiger partial charge in [0, 0.05) is 43.8 Å². The monoisotopic (exact) mass is 648 g/mol. The topological polar surface area (TPSA) is 99.8 Å². The number of benzene rings is 3. The van der Waals surface area contributed by atoms with Gasteiger partial charge < -0.3 is 10.1 Å². The molecule has 0 aliphatic heterocycles. The third-order valence-electron chi connectivity index (χ3n) is 4.98. The average molecular weight is 648 g/mol. The molecule has 5 rings (SSSR count). The van der Waals surface area contributed by atoms with Crippen LogP contribution in [0.25, 0.3) is 33.8 Å². The first-order valence-corrected chi connectivity index (χ1v) is 10.7. The Kier molecular flexibility index (Phi) is 9.30. The largest absolute Gasteiger partial charge is 0.477 e. The van der Waals surface area contributed by atoms with Crippen molar-refractivity contribution in [2.75, 3.05) is 0 Å². The molecule has 0 spiro atoms. The second kappa shape index (κ2) is 12.8. The van der Waals surface area contributed by atoms with Gasteiger partial charge in [0.15, 0.2) is 0 Å². The van der Waals surface area contributed by atoms with Crippen LogP contribution >= 0.6 is 0 Å². The molecule has 0 saturated carbocycles. The summed E-state index contributed by atoms with van der Waals surface area (Å²) < 4.78 is 0. The Balaban J connectivity index is 0.000000307. The third-order valence-corrected chi connectivity index (χ3v) is 4.98. The van der Waals surface area contributed by atoms with E-state index in [4.69, 9.17) is 15.4 Å². The van der Waals surface area contributed by atoms with Crippen molar-refractivity contribution >= 4 is 5.97 Å². The van der Waals surface area contributed by atoms with Gasteiger partial charge >= 0.3 is 5.97 Å². The van der Waals surface area contributed by atoms with Crippen molar-refractivity contribution in [2.45, 2.75) is 0 Å². The van der Waals surface area contributed by atoms with Crippen LogP contribution in [-0.2, 0) is 20.1 Å². The molecule has 0 saturated heterocycles. The van der Waals surface area contributed by atoms with Crippen LogP contribution in [0.15, 0.2) is 109 Å². The Morgan fingerprint density at radius 1 is 0.806 bits per heavy atom. The zero-order valence-corrected chi connectivity index (χ0v) is 21.3. The number of rotatable bonds is 4. The van der Waals surface area contributed by atoms with E-state index >= 15 is 0 Å². The molecule has 36 heavy (non-hydrogen) atoms. The number of hydrogen-bond donors (Lipinski definition) is 1.